The number of anilines is 1. The zero-order valence-corrected chi connectivity index (χ0v) is 26.5. The first-order valence-corrected chi connectivity index (χ1v) is 16.4. The fourth-order valence-electron chi connectivity index (χ4n) is 5.32. The summed E-state index contributed by atoms with van der Waals surface area (Å²) in [7, 11) is -4.25. The quantitative estimate of drug-likeness (QED) is 0.256. The van der Waals surface area contributed by atoms with Gasteiger partial charge in [0.25, 0.3) is 10.0 Å². The van der Waals surface area contributed by atoms with Crippen molar-refractivity contribution in [3.8, 4) is 0 Å². The van der Waals surface area contributed by atoms with Crippen LogP contribution in [0.1, 0.15) is 55.7 Å². The normalized spacial score (nSPS) is 14.4. The number of rotatable bonds is 11. The molecular formula is C32H37Cl2N3O4S. The van der Waals surface area contributed by atoms with Crippen molar-refractivity contribution < 1.29 is 18.0 Å². The van der Waals surface area contributed by atoms with Crippen LogP contribution in [-0.2, 0) is 26.2 Å². The van der Waals surface area contributed by atoms with Crippen LogP contribution in [0.3, 0.4) is 0 Å². The lowest BCUT2D eigenvalue weighted by Gasteiger charge is -2.34. The maximum Gasteiger partial charge on any atom is 0.264 e. The number of benzene rings is 3. The van der Waals surface area contributed by atoms with Crippen molar-refractivity contribution in [2.45, 2.75) is 76.4 Å². The van der Waals surface area contributed by atoms with Crippen LogP contribution in [0.4, 0.5) is 5.69 Å². The number of hydrogen-bond acceptors (Lipinski definition) is 4. The Bertz CT molecular complexity index is 1520. The number of aryl methyl sites for hydroxylation is 2. The maximum absolute atomic E-state index is 14.3. The predicted molar refractivity (Wildman–Crippen MR) is 168 cm³/mol. The zero-order valence-electron chi connectivity index (χ0n) is 24.1. The number of amides is 2. The first-order valence-electron chi connectivity index (χ1n) is 14.2. The summed E-state index contributed by atoms with van der Waals surface area (Å²) in [5.41, 5.74) is 2.82. The third-order valence-electron chi connectivity index (χ3n) is 7.59. The second-order valence-electron chi connectivity index (χ2n) is 10.8. The highest BCUT2D eigenvalue weighted by atomic mass is 35.5. The van der Waals surface area contributed by atoms with Gasteiger partial charge in [-0.15, -0.1) is 0 Å². The van der Waals surface area contributed by atoms with E-state index < -0.39 is 28.5 Å². The molecule has 0 bridgehead atoms. The number of nitrogens with one attached hydrogen (secondary N) is 1. The topological polar surface area (TPSA) is 86.8 Å². The van der Waals surface area contributed by atoms with Gasteiger partial charge in [0.05, 0.1) is 15.6 Å². The average molecular weight is 631 g/mol. The summed E-state index contributed by atoms with van der Waals surface area (Å²) >= 11 is 12.8. The van der Waals surface area contributed by atoms with Gasteiger partial charge in [-0.2, -0.15) is 0 Å². The van der Waals surface area contributed by atoms with Crippen molar-refractivity contribution in [3.63, 3.8) is 0 Å². The predicted octanol–water partition coefficient (Wildman–Crippen LogP) is 6.67. The van der Waals surface area contributed by atoms with E-state index in [4.69, 9.17) is 23.2 Å². The summed E-state index contributed by atoms with van der Waals surface area (Å²) in [6.45, 7) is 5.23. The molecule has 3 aromatic rings. The number of hydrogen-bond donors (Lipinski definition) is 1. The van der Waals surface area contributed by atoms with Gasteiger partial charge in [-0.3, -0.25) is 13.9 Å². The van der Waals surface area contributed by atoms with Gasteiger partial charge in [0.15, 0.2) is 0 Å². The number of sulfonamides is 1. The molecule has 224 valence electrons. The molecule has 1 saturated carbocycles. The molecule has 1 N–H and O–H groups in total. The van der Waals surface area contributed by atoms with E-state index in [9.17, 15) is 18.0 Å². The van der Waals surface area contributed by atoms with Crippen LogP contribution in [0.15, 0.2) is 71.6 Å². The van der Waals surface area contributed by atoms with E-state index in [0.717, 1.165) is 46.7 Å². The Morgan fingerprint density at radius 3 is 2.29 bits per heavy atom. The second kappa shape index (κ2) is 13.9. The lowest BCUT2D eigenvalue weighted by molar-refractivity contribution is -0.140. The molecule has 0 heterocycles. The molecule has 0 radical (unpaired) electrons. The Kier molecular flexibility index (Phi) is 10.6. The van der Waals surface area contributed by atoms with Crippen LogP contribution in [0.5, 0.6) is 0 Å². The molecular weight excluding hydrogens is 593 g/mol. The zero-order chi connectivity index (χ0) is 30.4. The van der Waals surface area contributed by atoms with Crippen LogP contribution in [0, 0.1) is 13.8 Å². The van der Waals surface area contributed by atoms with Gasteiger partial charge in [0, 0.05) is 17.6 Å². The molecule has 0 spiro atoms. The Labute approximate surface area is 258 Å². The van der Waals surface area contributed by atoms with E-state index in [1.165, 1.54) is 29.2 Å². The van der Waals surface area contributed by atoms with Crippen LogP contribution < -0.4 is 9.62 Å². The number of carbonyl (C=O) groups is 2. The van der Waals surface area contributed by atoms with Crippen LogP contribution >= 0.6 is 23.2 Å². The largest absolute Gasteiger partial charge is 0.352 e. The molecule has 1 fully saturated rings. The van der Waals surface area contributed by atoms with Gasteiger partial charge in [-0.05, 0) is 69.0 Å². The average Bonchev–Trinajstić information content (AvgIpc) is 3.46. The molecule has 7 nitrogen and oxygen atoms in total. The first-order chi connectivity index (χ1) is 20.0. The third-order valence-corrected chi connectivity index (χ3v) is 9.92. The smallest absolute Gasteiger partial charge is 0.264 e. The van der Waals surface area contributed by atoms with Gasteiger partial charge < -0.3 is 10.2 Å². The van der Waals surface area contributed by atoms with Gasteiger partial charge in [-0.1, -0.05) is 90.5 Å². The molecule has 4 rings (SSSR count). The minimum atomic E-state index is -4.25. The van der Waals surface area contributed by atoms with Crippen LogP contribution in [0.2, 0.25) is 10.0 Å². The fraction of sp³-hybridized carbons (Fsp3) is 0.375. The van der Waals surface area contributed by atoms with E-state index >= 15 is 0 Å². The SMILES string of the molecule is CC[C@@H](C(=O)NC1CCCC1)N(Cc1cccc(C)c1)C(=O)CN(c1cc(Cl)ccc1Cl)S(=O)(=O)c1ccc(C)cc1. The molecule has 1 aliphatic carbocycles. The van der Waals surface area contributed by atoms with E-state index in [1.54, 1.807) is 18.2 Å². The molecule has 0 aromatic heterocycles. The third kappa shape index (κ3) is 7.65. The van der Waals surface area contributed by atoms with E-state index in [1.807, 2.05) is 45.0 Å². The molecule has 1 aliphatic rings. The summed E-state index contributed by atoms with van der Waals surface area (Å²) < 4.78 is 29.1. The lowest BCUT2D eigenvalue weighted by Crippen LogP contribution is -2.53. The maximum atomic E-state index is 14.3. The molecule has 0 saturated heterocycles. The monoisotopic (exact) mass is 629 g/mol. The van der Waals surface area contributed by atoms with Gasteiger partial charge >= 0.3 is 0 Å². The Hall–Kier alpha value is -3.07. The highest BCUT2D eigenvalue weighted by Gasteiger charge is 2.35. The first kappa shape index (κ1) is 31.9. The molecule has 0 unspecified atom stereocenters. The standard InChI is InChI=1S/C32H37Cl2N3O4S/c1-4-29(32(39)35-26-10-5-6-11-26)36(20-24-9-7-8-23(3)18-24)31(38)21-37(30-19-25(33)14-17-28(30)34)42(40,41)27-15-12-22(2)13-16-27/h7-9,12-19,26,29H,4-6,10-11,20-21H2,1-3H3,(H,35,39)/t29-/m0/s1. The molecule has 0 aliphatic heterocycles. The number of halogens is 2. The van der Waals surface area contributed by atoms with Crippen molar-refractivity contribution in [2.24, 2.45) is 0 Å². The summed E-state index contributed by atoms with van der Waals surface area (Å²) in [6, 6.07) is 17.8. The molecule has 2 amide bonds. The van der Waals surface area contributed by atoms with Crippen molar-refractivity contribution in [2.75, 3.05) is 10.8 Å². The van der Waals surface area contributed by atoms with Crippen molar-refractivity contribution in [3.05, 3.63) is 93.5 Å². The minimum Gasteiger partial charge on any atom is -0.352 e. The van der Waals surface area contributed by atoms with Crippen molar-refractivity contribution >= 4 is 50.7 Å². The number of nitrogens with zero attached hydrogens (tertiary/aromatic N) is 2. The number of carbonyl (C=O) groups excluding carboxylic acids is 2. The fourth-order valence-corrected chi connectivity index (χ4v) is 7.18. The van der Waals surface area contributed by atoms with Crippen LogP contribution in [-0.4, -0.2) is 43.8 Å². The molecule has 1 atom stereocenters. The Balaban J connectivity index is 1.75. The van der Waals surface area contributed by atoms with Crippen molar-refractivity contribution in [1.82, 2.24) is 10.2 Å². The highest BCUT2D eigenvalue weighted by molar-refractivity contribution is 7.92. The lowest BCUT2D eigenvalue weighted by atomic mass is 10.1. The molecule has 3 aromatic carbocycles. The van der Waals surface area contributed by atoms with E-state index in [0.29, 0.717) is 6.42 Å². The summed E-state index contributed by atoms with van der Waals surface area (Å²) in [6.07, 6.45) is 4.28. The van der Waals surface area contributed by atoms with Crippen molar-refractivity contribution in [1.29, 1.82) is 0 Å². The highest BCUT2D eigenvalue weighted by Crippen LogP contribution is 2.33. The van der Waals surface area contributed by atoms with Crippen LogP contribution in [0.25, 0.3) is 0 Å². The van der Waals surface area contributed by atoms with Gasteiger partial charge in [0.2, 0.25) is 11.8 Å². The summed E-state index contributed by atoms with van der Waals surface area (Å²) in [5.74, 6) is -0.768. The molecule has 42 heavy (non-hydrogen) atoms. The summed E-state index contributed by atoms with van der Waals surface area (Å²) in [4.78, 5) is 29.3. The Morgan fingerprint density at radius 1 is 0.952 bits per heavy atom. The second-order valence-corrected chi connectivity index (χ2v) is 13.6. The van der Waals surface area contributed by atoms with E-state index in [2.05, 4.69) is 5.32 Å². The Morgan fingerprint density at radius 2 is 1.64 bits per heavy atom. The molecule has 10 heteroatoms. The summed E-state index contributed by atoms with van der Waals surface area (Å²) in [5, 5.41) is 3.51. The van der Waals surface area contributed by atoms with Gasteiger partial charge in [0.1, 0.15) is 12.6 Å². The van der Waals surface area contributed by atoms with Gasteiger partial charge in [-0.25, -0.2) is 8.42 Å². The van der Waals surface area contributed by atoms with E-state index in [-0.39, 0.29) is 39.1 Å². The minimum absolute atomic E-state index is 0.00759.